The van der Waals surface area contributed by atoms with Crippen LogP contribution in [-0.2, 0) is 16.6 Å². The molecule has 2 nitrogen and oxygen atoms in total. The van der Waals surface area contributed by atoms with E-state index >= 15 is 0 Å². The summed E-state index contributed by atoms with van der Waals surface area (Å²) in [6, 6.07) is 27.5. The average molecular weight is 418 g/mol. The van der Waals surface area contributed by atoms with Crippen LogP contribution in [0.2, 0.25) is 0 Å². The van der Waals surface area contributed by atoms with Crippen LogP contribution < -0.4 is 5.73 Å². The van der Waals surface area contributed by atoms with Crippen molar-refractivity contribution >= 4 is 16.8 Å². The van der Waals surface area contributed by atoms with E-state index in [9.17, 15) is 4.79 Å². The molecule has 5 rings (SSSR count). The van der Waals surface area contributed by atoms with Gasteiger partial charge in [0, 0.05) is 6.04 Å². The van der Waals surface area contributed by atoms with Gasteiger partial charge in [-0.15, -0.1) is 0 Å². The molecule has 0 heterocycles. The second-order valence-corrected chi connectivity index (χ2v) is 8.64. The molecule has 0 aromatic heterocycles. The summed E-state index contributed by atoms with van der Waals surface area (Å²) in [4.78, 5) is 12.7. The number of hydrogen-bond acceptors (Lipinski definition) is 2. The Hall–Kier alpha value is -2.42. The van der Waals surface area contributed by atoms with Gasteiger partial charge < -0.3 is 5.73 Å². The molecule has 0 unspecified atom stereocenters. The number of unbranched alkanes of at least 4 members (excludes halogenated alkanes) is 1. The molecule has 2 aliphatic rings. The molecule has 3 aromatic carbocycles. The molecule has 154 valence electrons. The Morgan fingerprint density at radius 1 is 0.833 bits per heavy atom. The Kier molecular flexibility index (Phi) is 6.36. The van der Waals surface area contributed by atoms with Crippen molar-refractivity contribution in [3.63, 3.8) is 0 Å². The minimum absolute atomic E-state index is 0.269. The van der Waals surface area contributed by atoms with E-state index in [1.165, 1.54) is 18.4 Å². The van der Waals surface area contributed by atoms with Crippen LogP contribution in [0.5, 0.6) is 0 Å². The molecular formula is C27H28ClNO. The lowest BCUT2D eigenvalue weighted by atomic mass is 9.75. The molecule has 0 amide bonds. The van der Waals surface area contributed by atoms with Crippen molar-refractivity contribution in [3.05, 3.63) is 95.6 Å². The van der Waals surface area contributed by atoms with E-state index in [0.29, 0.717) is 6.04 Å². The van der Waals surface area contributed by atoms with E-state index in [1.807, 2.05) is 30.3 Å². The lowest BCUT2D eigenvalue weighted by Gasteiger charge is -2.28. The number of aryl methyl sites for hydroxylation is 1. The molecular weight excluding hydrogens is 390 g/mol. The third kappa shape index (κ3) is 4.21. The van der Waals surface area contributed by atoms with E-state index in [-0.39, 0.29) is 5.24 Å². The molecule has 1 saturated carbocycles. The summed E-state index contributed by atoms with van der Waals surface area (Å²) in [5.41, 5.74) is 10.2. The van der Waals surface area contributed by atoms with Gasteiger partial charge in [-0.05, 0) is 71.5 Å². The van der Waals surface area contributed by atoms with Gasteiger partial charge in [-0.3, -0.25) is 4.79 Å². The molecule has 0 saturated heterocycles. The maximum absolute atomic E-state index is 12.7. The summed E-state index contributed by atoms with van der Waals surface area (Å²) >= 11 is 6.25. The highest BCUT2D eigenvalue weighted by Gasteiger charge is 2.47. The first-order valence-corrected chi connectivity index (χ1v) is 11.2. The zero-order valence-corrected chi connectivity index (χ0v) is 17.9. The van der Waals surface area contributed by atoms with Crippen molar-refractivity contribution in [1.82, 2.24) is 0 Å². The van der Waals surface area contributed by atoms with E-state index in [2.05, 4.69) is 48.5 Å². The molecule has 2 aliphatic carbocycles. The summed E-state index contributed by atoms with van der Waals surface area (Å²) in [5, 5.41) is -0.269. The number of fused-ring (bicyclic) bond motifs is 3. The number of carbonyl (C=O) groups excluding carboxylic acids is 1. The summed E-state index contributed by atoms with van der Waals surface area (Å²) in [6.45, 7) is 0. The number of hydrogen-bond donors (Lipinski definition) is 1. The van der Waals surface area contributed by atoms with Crippen LogP contribution in [0.4, 0.5) is 0 Å². The molecule has 1 fully saturated rings. The van der Waals surface area contributed by atoms with Crippen LogP contribution in [-0.4, -0.2) is 11.3 Å². The Morgan fingerprint density at radius 3 is 1.83 bits per heavy atom. The minimum atomic E-state index is -0.717. The van der Waals surface area contributed by atoms with Gasteiger partial charge in [0.05, 0.1) is 5.41 Å². The van der Waals surface area contributed by atoms with Crippen molar-refractivity contribution in [3.8, 4) is 11.1 Å². The zero-order chi connectivity index (χ0) is 21.0. The molecule has 0 aliphatic heterocycles. The van der Waals surface area contributed by atoms with Gasteiger partial charge in [0.25, 0.3) is 0 Å². The Bertz CT molecular complexity index is 965. The van der Waals surface area contributed by atoms with Crippen LogP contribution in [0.3, 0.4) is 0 Å². The number of benzene rings is 3. The van der Waals surface area contributed by atoms with Gasteiger partial charge in [-0.2, -0.15) is 0 Å². The van der Waals surface area contributed by atoms with E-state index < -0.39 is 5.41 Å². The largest absolute Gasteiger partial charge is 0.328 e. The van der Waals surface area contributed by atoms with Gasteiger partial charge >= 0.3 is 0 Å². The highest BCUT2D eigenvalue weighted by Crippen LogP contribution is 2.52. The molecule has 3 aromatic rings. The summed E-state index contributed by atoms with van der Waals surface area (Å²) in [6.07, 6.45) is 6.29. The highest BCUT2D eigenvalue weighted by atomic mass is 35.5. The Labute approximate surface area is 184 Å². The number of halogens is 1. The summed E-state index contributed by atoms with van der Waals surface area (Å²) < 4.78 is 0. The molecule has 0 bridgehead atoms. The summed E-state index contributed by atoms with van der Waals surface area (Å²) in [5.74, 6) is 0. The first kappa shape index (κ1) is 20.8. The third-order valence-electron chi connectivity index (χ3n) is 6.13. The molecule has 0 atom stereocenters. The monoisotopic (exact) mass is 417 g/mol. The topological polar surface area (TPSA) is 43.1 Å². The fraction of sp³-hybridized carbons (Fsp3) is 0.296. The van der Waals surface area contributed by atoms with Gasteiger partial charge in [0.2, 0.25) is 5.24 Å². The summed E-state index contributed by atoms with van der Waals surface area (Å²) in [7, 11) is 0. The highest BCUT2D eigenvalue weighted by molar-refractivity contribution is 6.66. The fourth-order valence-corrected chi connectivity index (χ4v) is 4.66. The number of rotatable bonds is 6. The van der Waals surface area contributed by atoms with Crippen LogP contribution in [0, 0.1) is 0 Å². The fourth-order valence-electron chi connectivity index (χ4n) is 4.36. The molecule has 2 N–H and O–H groups in total. The minimum Gasteiger partial charge on any atom is -0.328 e. The van der Waals surface area contributed by atoms with E-state index in [1.54, 1.807) is 0 Å². The first-order chi connectivity index (χ1) is 14.6. The molecule has 0 radical (unpaired) electrons. The van der Waals surface area contributed by atoms with Crippen LogP contribution >= 0.6 is 11.6 Å². The van der Waals surface area contributed by atoms with Gasteiger partial charge in [0.1, 0.15) is 0 Å². The van der Waals surface area contributed by atoms with Gasteiger partial charge in [0.15, 0.2) is 0 Å². The van der Waals surface area contributed by atoms with Crippen molar-refractivity contribution < 1.29 is 4.79 Å². The van der Waals surface area contributed by atoms with Crippen molar-refractivity contribution in [2.45, 2.75) is 50.0 Å². The van der Waals surface area contributed by atoms with E-state index in [0.717, 1.165) is 47.9 Å². The van der Waals surface area contributed by atoms with Crippen molar-refractivity contribution in [2.24, 2.45) is 5.73 Å². The lowest BCUT2D eigenvalue weighted by Crippen LogP contribution is -2.32. The lowest BCUT2D eigenvalue weighted by molar-refractivity contribution is -0.115. The van der Waals surface area contributed by atoms with E-state index in [4.69, 9.17) is 17.3 Å². The predicted octanol–water partition coefficient (Wildman–Crippen LogP) is 6.24. The Balaban J connectivity index is 0.000000489. The first-order valence-electron chi connectivity index (χ1n) is 10.8. The number of nitrogens with two attached hydrogens (primary N) is 1. The molecule has 0 spiro atoms. The van der Waals surface area contributed by atoms with Crippen LogP contribution in [0.1, 0.15) is 48.8 Å². The van der Waals surface area contributed by atoms with Gasteiger partial charge in [-0.1, -0.05) is 85.3 Å². The smallest absolute Gasteiger partial charge is 0.236 e. The Morgan fingerprint density at radius 2 is 1.33 bits per heavy atom. The van der Waals surface area contributed by atoms with Crippen LogP contribution in [0.25, 0.3) is 11.1 Å². The zero-order valence-electron chi connectivity index (χ0n) is 17.2. The molecule has 3 heteroatoms. The maximum Gasteiger partial charge on any atom is 0.236 e. The second kappa shape index (κ2) is 9.16. The predicted molar refractivity (Wildman–Crippen MR) is 125 cm³/mol. The quantitative estimate of drug-likeness (QED) is 0.381. The third-order valence-corrected chi connectivity index (χ3v) is 6.45. The van der Waals surface area contributed by atoms with Crippen LogP contribution in [0.15, 0.2) is 78.9 Å². The average Bonchev–Trinajstić information content (AvgIpc) is 3.51. The normalized spacial score (nSPS) is 15.5. The maximum atomic E-state index is 12.7. The van der Waals surface area contributed by atoms with Gasteiger partial charge in [-0.25, -0.2) is 0 Å². The number of carbonyl (C=O) groups is 1. The SMILES string of the molecule is NC1CC1.O=C(Cl)C1(CCCCc2ccccc2)c2ccccc2-c2ccccc21. The standard InChI is InChI=1S/C24H21ClO.C3H7N/c25-23(26)24(17-9-8-12-18-10-2-1-3-11-18)21-15-6-4-13-19(21)20-14-5-7-16-22(20)24;4-3-1-2-3/h1-7,10-11,13-16H,8-9,12,17H2;3H,1-2,4H2. The second-order valence-electron chi connectivity index (χ2n) is 8.30. The van der Waals surface area contributed by atoms with Crippen molar-refractivity contribution in [1.29, 1.82) is 0 Å². The van der Waals surface area contributed by atoms with Crippen molar-refractivity contribution in [2.75, 3.05) is 0 Å². The molecule has 30 heavy (non-hydrogen) atoms.